The largest absolute Gasteiger partial charge is 0.339 e. The highest BCUT2D eigenvalue weighted by Gasteiger charge is 2.49. The first-order valence-electron chi connectivity index (χ1n) is 15.2. The van der Waals surface area contributed by atoms with Crippen molar-refractivity contribution in [1.82, 2.24) is 0 Å². The zero-order chi connectivity index (χ0) is 30.0. The molecule has 1 aliphatic carbocycles. The lowest BCUT2D eigenvalue weighted by molar-refractivity contribution is -0.0895. The fraction of sp³-hybridized carbons (Fsp3) is 0.250. The van der Waals surface area contributed by atoms with E-state index in [9.17, 15) is 0 Å². The van der Waals surface area contributed by atoms with Crippen LogP contribution in [0.2, 0.25) is 0 Å². The molecular formula is C40H39NO2. The summed E-state index contributed by atoms with van der Waals surface area (Å²) in [6, 6.07) is 43.7. The van der Waals surface area contributed by atoms with E-state index in [1.807, 2.05) is 0 Å². The van der Waals surface area contributed by atoms with Gasteiger partial charge >= 0.3 is 0 Å². The number of fused-ring (bicyclic) bond motifs is 3. The molecule has 0 spiro atoms. The summed E-state index contributed by atoms with van der Waals surface area (Å²) in [4.78, 5) is 2.35. The molecule has 5 aromatic carbocycles. The van der Waals surface area contributed by atoms with E-state index in [0.717, 1.165) is 22.6 Å². The van der Waals surface area contributed by atoms with Gasteiger partial charge in [-0.15, -0.1) is 0 Å². The van der Waals surface area contributed by atoms with Gasteiger partial charge in [-0.05, 0) is 97.5 Å². The fourth-order valence-electron chi connectivity index (χ4n) is 6.50. The zero-order valence-electron chi connectivity index (χ0n) is 25.9. The van der Waals surface area contributed by atoms with E-state index in [-0.39, 0.29) is 5.41 Å². The van der Waals surface area contributed by atoms with Crippen LogP contribution >= 0.6 is 0 Å². The van der Waals surface area contributed by atoms with E-state index in [0.29, 0.717) is 0 Å². The van der Waals surface area contributed by atoms with Crippen molar-refractivity contribution < 1.29 is 9.47 Å². The van der Waals surface area contributed by atoms with E-state index in [1.54, 1.807) is 0 Å². The van der Waals surface area contributed by atoms with Crippen LogP contribution in [0.1, 0.15) is 64.5 Å². The summed E-state index contributed by atoms with van der Waals surface area (Å²) >= 11 is 0. The Morgan fingerprint density at radius 1 is 0.488 bits per heavy atom. The molecule has 43 heavy (non-hydrogen) atoms. The second kappa shape index (κ2) is 9.94. The highest BCUT2D eigenvalue weighted by molar-refractivity contribution is 5.86. The van der Waals surface area contributed by atoms with Crippen LogP contribution in [0.4, 0.5) is 17.1 Å². The van der Waals surface area contributed by atoms with Gasteiger partial charge in [-0.3, -0.25) is 0 Å². The molecule has 0 unspecified atom stereocenters. The Morgan fingerprint density at radius 2 is 1.07 bits per heavy atom. The number of rotatable bonds is 5. The number of hydrogen-bond donors (Lipinski definition) is 0. The van der Waals surface area contributed by atoms with Gasteiger partial charge in [-0.25, -0.2) is 0 Å². The lowest BCUT2D eigenvalue weighted by atomic mass is 9.82. The van der Waals surface area contributed by atoms with Crippen molar-refractivity contribution in [3.8, 4) is 22.3 Å². The quantitative estimate of drug-likeness (QED) is 0.212. The summed E-state index contributed by atoms with van der Waals surface area (Å²) in [5.41, 5.74) is 11.2. The Balaban J connectivity index is 1.34. The SMILES string of the molecule is CC1(C)c2ccccc2-c2ccc(N(c3ccc(-c4ccccc4)cc3)c3cccc(C4OC(C)(C)C(C)(C)O4)c3)cc21. The molecule has 7 rings (SSSR count). The zero-order valence-corrected chi connectivity index (χ0v) is 25.9. The van der Waals surface area contributed by atoms with E-state index < -0.39 is 17.5 Å². The maximum Gasteiger partial charge on any atom is 0.185 e. The Bertz CT molecular complexity index is 1780. The summed E-state index contributed by atoms with van der Waals surface area (Å²) in [6.45, 7) is 13.1. The molecule has 2 aliphatic rings. The third kappa shape index (κ3) is 4.59. The third-order valence-corrected chi connectivity index (χ3v) is 9.71. The van der Waals surface area contributed by atoms with Crippen molar-refractivity contribution in [2.45, 2.75) is 64.4 Å². The average Bonchev–Trinajstić information content (AvgIpc) is 3.38. The molecule has 1 aliphatic heterocycles. The van der Waals surface area contributed by atoms with E-state index >= 15 is 0 Å². The molecule has 1 fully saturated rings. The lowest BCUT2D eigenvalue weighted by Gasteiger charge is -2.30. The monoisotopic (exact) mass is 565 g/mol. The van der Waals surface area contributed by atoms with Crippen molar-refractivity contribution in [3.63, 3.8) is 0 Å². The molecule has 1 heterocycles. The molecule has 216 valence electrons. The van der Waals surface area contributed by atoms with Crippen LogP contribution in [0.15, 0.2) is 121 Å². The van der Waals surface area contributed by atoms with E-state index in [1.165, 1.54) is 33.4 Å². The molecule has 0 saturated carbocycles. The molecule has 0 atom stereocenters. The summed E-state index contributed by atoms with van der Waals surface area (Å²) in [7, 11) is 0. The van der Waals surface area contributed by atoms with Crippen LogP contribution in [0.25, 0.3) is 22.3 Å². The van der Waals surface area contributed by atoms with Gasteiger partial charge in [0.2, 0.25) is 0 Å². The van der Waals surface area contributed by atoms with Crippen molar-refractivity contribution in [1.29, 1.82) is 0 Å². The molecule has 0 amide bonds. The van der Waals surface area contributed by atoms with Gasteiger partial charge in [0.05, 0.1) is 11.2 Å². The van der Waals surface area contributed by atoms with E-state index in [4.69, 9.17) is 9.47 Å². The minimum Gasteiger partial charge on any atom is -0.339 e. The number of benzene rings is 5. The molecule has 3 heteroatoms. The molecule has 0 aromatic heterocycles. The molecule has 0 N–H and O–H groups in total. The van der Waals surface area contributed by atoms with Gasteiger partial charge in [-0.1, -0.05) is 98.8 Å². The number of hydrogen-bond acceptors (Lipinski definition) is 3. The smallest absolute Gasteiger partial charge is 0.185 e. The third-order valence-electron chi connectivity index (χ3n) is 9.71. The highest BCUT2D eigenvalue weighted by Crippen LogP contribution is 2.51. The van der Waals surface area contributed by atoms with Crippen molar-refractivity contribution >= 4 is 17.1 Å². The molecule has 1 saturated heterocycles. The molecule has 5 aromatic rings. The first-order chi connectivity index (χ1) is 20.5. The van der Waals surface area contributed by atoms with Gasteiger partial charge in [0.15, 0.2) is 6.29 Å². The van der Waals surface area contributed by atoms with Crippen LogP contribution < -0.4 is 4.90 Å². The summed E-state index contributed by atoms with van der Waals surface area (Å²) in [6.07, 6.45) is -0.430. The second-order valence-electron chi connectivity index (χ2n) is 13.3. The number of anilines is 3. The van der Waals surface area contributed by atoms with Crippen molar-refractivity contribution in [2.75, 3.05) is 4.90 Å². The van der Waals surface area contributed by atoms with Gasteiger partial charge in [-0.2, -0.15) is 0 Å². The van der Waals surface area contributed by atoms with Crippen LogP contribution in [0, 0.1) is 0 Å². The average molecular weight is 566 g/mol. The van der Waals surface area contributed by atoms with Crippen molar-refractivity contribution in [2.24, 2.45) is 0 Å². The summed E-state index contributed by atoms with van der Waals surface area (Å²) in [5, 5.41) is 0. The molecule has 3 nitrogen and oxygen atoms in total. The molecule has 0 bridgehead atoms. The topological polar surface area (TPSA) is 21.7 Å². The first kappa shape index (κ1) is 27.6. The standard InChI is InChI=1S/C40H39NO2/c1-38(2)35-18-11-10-17-33(35)34-24-23-32(26-36(34)38)41(30-21-19-28(20-22-30)27-13-8-7-9-14-27)31-16-12-15-29(25-31)37-42-39(3,4)40(5,6)43-37/h7-26,37H,1-6H3. The van der Waals surface area contributed by atoms with Gasteiger partial charge in [0, 0.05) is 28.0 Å². The fourth-order valence-corrected chi connectivity index (χ4v) is 6.50. The van der Waals surface area contributed by atoms with Crippen molar-refractivity contribution in [3.05, 3.63) is 138 Å². The Hall–Kier alpha value is -4.18. The number of nitrogens with zero attached hydrogens (tertiary/aromatic N) is 1. The van der Waals surface area contributed by atoms with E-state index in [2.05, 4.69) is 168 Å². The molecule has 0 radical (unpaired) electrons. The maximum atomic E-state index is 6.44. The van der Waals surface area contributed by atoms with Gasteiger partial charge in [0.1, 0.15) is 0 Å². The first-order valence-corrected chi connectivity index (χ1v) is 15.2. The minimum absolute atomic E-state index is 0.0880. The Kier molecular flexibility index (Phi) is 6.39. The Morgan fingerprint density at radius 3 is 1.79 bits per heavy atom. The van der Waals surface area contributed by atoms with Gasteiger partial charge < -0.3 is 14.4 Å². The number of ether oxygens (including phenoxy) is 2. The van der Waals surface area contributed by atoms with Gasteiger partial charge in [0.25, 0.3) is 0 Å². The highest BCUT2D eigenvalue weighted by atomic mass is 16.7. The molecular weight excluding hydrogens is 526 g/mol. The predicted molar refractivity (Wildman–Crippen MR) is 177 cm³/mol. The van der Waals surface area contributed by atoms with Crippen LogP contribution in [-0.2, 0) is 14.9 Å². The van der Waals surface area contributed by atoms with Crippen LogP contribution in [0.3, 0.4) is 0 Å². The van der Waals surface area contributed by atoms with Crippen LogP contribution in [0.5, 0.6) is 0 Å². The maximum absolute atomic E-state index is 6.44. The van der Waals surface area contributed by atoms with Crippen LogP contribution in [-0.4, -0.2) is 11.2 Å². The Labute approximate surface area is 255 Å². The summed E-state index contributed by atoms with van der Waals surface area (Å²) in [5.74, 6) is 0. The second-order valence-corrected chi connectivity index (χ2v) is 13.3. The lowest BCUT2D eigenvalue weighted by Crippen LogP contribution is -2.41. The normalized spacial score (nSPS) is 17.8. The predicted octanol–water partition coefficient (Wildman–Crippen LogP) is 10.7. The minimum atomic E-state index is -0.430. The summed E-state index contributed by atoms with van der Waals surface area (Å²) < 4.78 is 12.9.